The van der Waals surface area contributed by atoms with E-state index in [0.717, 1.165) is 69.5 Å². The van der Waals surface area contributed by atoms with E-state index in [1.165, 1.54) is 0 Å². The van der Waals surface area contributed by atoms with Crippen molar-refractivity contribution in [2.75, 3.05) is 19.7 Å². The van der Waals surface area contributed by atoms with Crippen LogP contribution in [0.15, 0.2) is 24.3 Å². The molecule has 1 amide bonds. The van der Waals surface area contributed by atoms with Gasteiger partial charge in [-0.05, 0) is 51.7 Å². The van der Waals surface area contributed by atoms with Gasteiger partial charge in [-0.1, -0.05) is 31.4 Å². The minimum Gasteiger partial charge on any atom is -0.490 e. The number of nitriles is 1. The molecule has 158 valence electrons. The number of benzene rings is 1. The molecule has 3 rings (SSSR count). The van der Waals surface area contributed by atoms with Crippen molar-refractivity contribution in [3.63, 3.8) is 0 Å². The van der Waals surface area contributed by atoms with Gasteiger partial charge in [0.2, 0.25) is 5.91 Å². The molecule has 1 aromatic carbocycles. The first-order valence-corrected chi connectivity index (χ1v) is 10.9. The fraction of sp³-hybridized carbons (Fsp3) is 0.652. The average molecular weight is 400 g/mol. The van der Waals surface area contributed by atoms with Gasteiger partial charge < -0.3 is 14.8 Å². The van der Waals surface area contributed by atoms with Gasteiger partial charge in [0.1, 0.15) is 11.6 Å². The average Bonchev–Trinajstić information content (AvgIpc) is 2.76. The summed E-state index contributed by atoms with van der Waals surface area (Å²) < 4.78 is 11.8. The van der Waals surface area contributed by atoms with Crippen LogP contribution in [0.3, 0.4) is 0 Å². The monoisotopic (exact) mass is 399 g/mol. The van der Waals surface area contributed by atoms with Crippen molar-refractivity contribution in [2.45, 2.75) is 76.5 Å². The summed E-state index contributed by atoms with van der Waals surface area (Å²) in [7, 11) is 0. The molecular formula is C23H33N3O3. The third-order valence-corrected chi connectivity index (χ3v) is 6.13. The van der Waals surface area contributed by atoms with Crippen molar-refractivity contribution in [1.29, 1.82) is 5.26 Å². The lowest BCUT2D eigenvalue weighted by Gasteiger charge is -2.38. The Morgan fingerprint density at radius 2 is 1.90 bits per heavy atom. The zero-order valence-electron chi connectivity index (χ0n) is 17.7. The van der Waals surface area contributed by atoms with Crippen LogP contribution in [0, 0.1) is 11.3 Å². The second-order valence-corrected chi connectivity index (χ2v) is 8.15. The Labute approximate surface area is 174 Å². The van der Waals surface area contributed by atoms with Crippen molar-refractivity contribution in [2.24, 2.45) is 0 Å². The number of likely N-dealkylation sites (tertiary alicyclic amines) is 1. The van der Waals surface area contributed by atoms with E-state index in [4.69, 9.17) is 9.47 Å². The summed E-state index contributed by atoms with van der Waals surface area (Å²) in [5.74, 6) is 1.53. The second kappa shape index (κ2) is 9.98. The van der Waals surface area contributed by atoms with Gasteiger partial charge in [0, 0.05) is 13.1 Å². The van der Waals surface area contributed by atoms with Gasteiger partial charge in [-0.15, -0.1) is 0 Å². The number of para-hydroxylation sites is 2. The third kappa shape index (κ3) is 5.42. The predicted molar refractivity (Wildman–Crippen MR) is 112 cm³/mol. The Kier molecular flexibility index (Phi) is 7.38. The second-order valence-electron chi connectivity index (χ2n) is 8.15. The summed E-state index contributed by atoms with van der Waals surface area (Å²) in [5.41, 5.74) is -0.673. The van der Waals surface area contributed by atoms with E-state index in [0.29, 0.717) is 6.61 Å². The van der Waals surface area contributed by atoms with Crippen LogP contribution in [0.5, 0.6) is 11.5 Å². The van der Waals surface area contributed by atoms with Gasteiger partial charge in [-0.25, -0.2) is 0 Å². The molecule has 0 radical (unpaired) electrons. The first-order valence-electron chi connectivity index (χ1n) is 10.9. The highest BCUT2D eigenvalue weighted by atomic mass is 16.5. The lowest BCUT2D eigenvalue weighted by atomic mass is 9.82. The largest absolute Gasteiger partial charge is 0.490 e. The lowest BCUT2D eigenvalue weighted by molar-refractivity contribution is -0.128. The minimum atomic E-state index is -0.673. The van der Waals surface area contributed by atoms with E-state index >= 15 is 0 Å². The molecule has 1 atom stereocenters. The molecule has 0 aromatic heterocycles. The first kappa shape index (κ1) is 21.4. The Hall–Kier alpha value is -2.26. The zero-order valence-corrected chi connectivity index (χ0v) is 17.7. The Morgan fingerprint density at radius 1 is 1.24 bits per heavy atom. The summed E-state index contributed by atoms with van der Waals surface area (Å²) in [6.45, 7) is 6.11. The highest BCUT2D eigenvalue weighted by Crippen LogP contribution is 2.30. The standard InChI is InChI=1S/C23H33N3O3/c1-3-28-20-9-5-6-10-21(20)29-19-11-15-26(16-12-19)18(2)22(27)25-23(17-24)13-7-4-8-14-23/h5-6,9-10,18-19H,3-4,7-8,11-16H2,1-2H3,(H,25,27). The number of carbonyl (C=O) groups excluding carboxylic acids is 1. The van der Waals surface area contributed by atoms with E-state index in [2.05, 4.69) is 16.3 Å². The Bertz CT molecular complexity index is 716. The normalized spacial score (nSPS) is 21.0. The molecule has 1 unspecified atom stereocenters. The number of rotatable bonds is 7. The zero-order chi connectivity index (χ0) is 20.7. The molecule has 1 N–H and O–H groups in total. The van der Waals surface area contributed by atoms with Crippen LogP contribution >= 0.6 is 0 Å². The predicted octanol–water partition coefficient (Wildman–Crippen LogP) is 3.66. The van der Waals surface area contributed by atoms with Crippen LogP contribution in [0.25, 0.3) is 0 Å². The van der Waals surface area contributed by atoms with Gasteiger partial charge in [0.25, 0.3) is 0 Å². The van der Waals surface area contributed by atoms with E-state index in [1.54, 1.807) is 0 Å². The smallest absolute Gasteiger partial charge is 0.238 e. The molecule has 1 saturated carbocycles. The van der Waals surface area contributed by atoms with Gasteiger partial charge in [-0.3, -0.25) is 9.69 Å². The summed E-state index contributed by atoms with van der Waals surface area (Å²) in [6, 6.07) is 9.91. The molecule has 6 heteroatoms. The van der Waals surface area contributed by atoms with Crippen LogP contribution in [0.4, 0.5) is 0 Å². The van der Waals surface area contributed by atoms with Crippen molar-refractivity contribution in [3.05, 3.63) is 24.3 Å². The summed E-state index contributed by atoms with van der Waals surface area (Å²) in [4.78, 5) is 15.0. The van der Waals surface area contributed by atoms with Crippen molar-refractivity contribution < 1.29 is 14.3 Å². The fourth-order valence-electron chi connectivity index (χ4n) is 4.31. The van der Waals surface area contributed by atoms with E-state index in [9.17, 15) is 10.1 Å². The van der Waals surface area contributed by atoms with E-state index in [-0.39, 0.29) is 18.1 Å². The van der Waals surface area contributed by atoms with Crippen molar-refractivity contribution >= 4 is 5.91 Å². The number of nitrogens with zero attached hydrogens (tertiary/aromatic N) is 2. The van der Waals surface area contributed by atoms with Gasteiger partial charge in [0.15, 0.2) is 11.5 Å². The summed E-state index contributed by atoms with van der Waals surface area (Å²) >= 11 is 0. The van der Waals surface area contributed by atoms with Crippen molar-refractivity contribution in [3.8, 4) is 17.6 Å². The molecule has 1 aliphatic heterocycles. The summed E-state index contributed by atoms with van der Waals surface area (Å²) in [6.07, 6.45) is 6.53. The molecule has 29 heavy (non-hydrogen) atoms. The number of amides is 1. The molecule has 1 heterocycles. The Balaban J connectivity index is 1.51. The van der Waals surface area contributed by atoms with Gasteiger partial charge >= 0.3 is 0 Å². The first-order chi connectivity index (χ1) is 14.1. The topological polar surface area (TPSA) is 74.6 Å². The maximum absolute atomic E-state index is 12.8. The molecule has 2 aliphatic rings. The molecule has 2 fully saturated rings. The molecule has 1 aromatic rings. The minimum absolute atomic E-state index is 0.0329. The quantitative estimate of drug-likeness (QED) is 0.757. The van der Waals surface area contributed by atoms with E-state index in [1.807, 2.05) is 38.1 Å². The van der Waals surface area contributed by atoms with E-state index < -0.39 is 5.54 Å². The molecular weight excluding hydrogens is 366 g/mol. The maximum Gasteiger partial charge on any atom is 0.238 e. The Morgan fingerprint density at radius 3 is 2.52 bits per heavy atom. The highest BCUT2D eigenvalue weighted by Gasteiger charge is 2.36. The number of hydrogen-bond acceptors (Lipinski definition) is 5. The number of nitrogens with one attached hydrogen (secondary N) is 1. The van der Waals surface area contributed by atoms with Crippen LogP contribution in [-0.4, -0.2) is 48.2 Å². The number of carbonyl (C=O) groups is 1. The third-order valence-electron chi connectivity index (χ3n) is 6.13. The fourth-order valence-corrected chi connectivity index (χ4v) is 4.31. The molecule has 0 spiro atoms. The van der Waals surface area contributed by atoms with Crippen LogP contribution in [-0.2, 0) is 4.79 Å². The van der Waals surface area contributed by atoms with Crippen LogP contribution in [0.1, 0.15) is 58.8 Å². The van der Waals surface area contributed by atoms with Gasteiger partial charge in [0.05, 0.1) is 18.7 Å². The molecule has 1 saturated heterocycles. The molecule has 1 aliphatic carbocycles. The lowest BCUT2D eigenvalue weighted by Crippen LogP contribution is -2.56. The number of piperidine rings is 1. The highest BCUT2D eigenvalue weighted by molar-refractivity contribution is 5.82. The van der Waals surface area contributed by atoms with Crippen molar-refractivity contribution in [1.82, 2.24) is 10.2 Å². The number of ether oxygens (including phenoxy) is 2. The van der Waals surface area contributed by atoms with Gasteiger partial charge in [-0.2, -0.15) is 5.26 Å². The van der Waals surface area contributed by atoms with Crippen LogP contribution in [0.2, 0.25) is 0 Å². The summed E-state index contributed by atoms with van der Waals surface area (Å²) in [5, 5.41) is 12.7. The molecule has 0 bridgehead atoms. The SMILES string of the molecule is CCOc1ccccc1OC1CCN(C(C)C(=O)NC2(C#N)CCCCC2)CC1. The van der Waals surface area contributed by atoms with Crippen LogP contribution < -0.4 is 14.8 Å². The number of hydrogen-bond donors (Lipinski definition) is 1. The molecule has 6 nitrogen and oxygen atoms in total. The maximum atomic E-state index is 12.8.